The van der Waals surface area contributed by atoms with E-state index in [1.165, 1.54) is 13.2 Å². The summed E-state index contributed by atoms with van der Waals surface area (Å²) >= 11 is 0. The highest BCUT2D eigenvalue weighted by molar-refractivity contribution is 5.94. The zero-order valence-corrected chi connectivity index (χ0v) is 9.37. The lowest BCUT2D eigenvalue weighted by atomic mass is 10.2. The lowest BCUT2D eigenvalue weighted by Gasteiger charge is -2.15. The molecule has 0 saturated carbocycles. The number of hydrogen-bond acceptors (Lipinski definition) is 3. The minimum Gasteiger partial charge on any atom is -0.383 e. The van der Waals surface area contributed by atoms with Gasteiger partial charge in [0.05, 0.1) is 12.6 Å². The topological polar surface area (TPSA) is 64.3 Å². The van der Waals surface area contributed by atoms with Crippen LogP contribution in [0.3, 0.4) is 0 Å². The number of amides is 1. The van der Waals surface area contributed by atoms with Gasteiger partial charge in [-0.05, 0) is 18.2 Å². The number of nitrogens with one attached hydrogen (secondary N) is 1. The number of nitrogens with two attached hydrogens (primary N) is 1. The van der Waals surface area contributed by atoms with Gasteiger partial charge in [0.2, 0.25) is 0 Å². The van der Waals surface area contributed by atoms with E-state index >= 15 is 0 Å². The van der Waals surface area contributed by atoms with Gasteiger partial charge in [-0.2, -0.15) is 0 Å². The number of carbonyl (C=O) groups excluding carboxylic acids is 1. The SMILES string of the molecule is COCC(CN)NC(=O)c1ccc(F)c(F)c1. The molecule has 0 heterocycles. The first-order chi connectivity index (χ1) is 8.08. The summed E-state index contributed by atoms with van der Waals surface area (Å²) in [6.45, 7) is 0.454. The van der Waals surface area contributed by atoms with Crippen LogP contribution in [0.5, 0.6) is 0 Å². The highest BCUT2D eigenvalue weighted by Gasteiger charge is 2.13. The largest absolute Gasteiger partial charge is 0.383 e. The molecule has 0 fully saturated rings. The van der Waals surface area contributed by atoms with E-state index in [1.54, 1.807) is 0 Å². The van der Waals surface area contributed by atoms with Crippen molar-refractivity contribution in [3.63, 3.8) is 0 Å². The maximum Gasteiger partial charge on any atom is 0.251 e. The third-order valence-electron chi connectivity index (χ3n) is 2.17. The summed E-state index contributed by atoms with van der Waals surface area (Å²) in [5.74, 6) is -2.57. The van der Waals surface area contributed by atoms with Crippen LogP contribution in [0.25, 0.3) is 0 Å². The van der Waals surface area contributed by atoms with Gasteiger partial charge in [0.25, 0.3) is 5.91 Å². The molecule has 0 spiro atoms. The monoisotopic (exact) mass is 244 g/mol. The van der Waals surface area contributed by atoms with Gasteiger partial charge in [0, 0.05) is 19.2 Å². The van der Waals surface area contributed by atoms with E-state index in [9.17, 15) is 13.6 Å². The predicted molar refractivity (Wildman–Crippen MR) is 58.5 cm³/mol. The van der Waals surface area contributed by atoms with Crippen molar-refractivity contribution in [2.45, 2.75) is 6.04 Å². The van der Waals surface area contributed by atoms with Crippen LogP contribution in [0.4, 0.5) is 8.78 Å². The summed E-state index contributed by atoms with van der Waals surface area (Å²) in [6, 6.07) is 2.58. The fourth-order valence-electron chi connectivity index (χ4n) is 1.28. The minimum atomic E-state index is -1.06. The summed E-state index contributed by atoms with van der Waals surface area (Å²) in [4.78, 5) is 11.6. The Bertz CT molecular complexity index is 399. The molecule has 0 radical (unpaired) electrons. The van der Waals surface area contributed by atoms with E-state index < -0.39 is 17.5 Å². The van der Waals surface area contributed by atoms with Crippen molar-refractivity contribution in [3.8, 4) is 0 Å². The Labute approximate surface area is 97.8 Å². The van der Waals surface area contributed by atoms with Crippen molar-refractivity contribution in [2.24, 2.45) is 5.73 Å². The molecule has 1 atom stereocenters. The first kappa shape index (κ1) is 13.5. The molecule has 4 nitrogen and oxygen atoms in total. The highest BCUT2D eigenvalue weighted by Crippen LogP contribution is 2.08. The van der Waals surface area contributed by atoms with Crippen LogP contribution in [0, 0.1) is 11.6 Å². The highest BCUT2D eigenvalue weighted by atomic mass is 19.2. The van der Waals surface area contributed by atoms with Crippen molar-refractivity contribution >= 4 is 5.91 Å². The predicted octanol–water partition coefficient (Wildman–Crippen LogP) is 0.668. The second kappa shape index (κ2) is 6.27. The molecule has 0 aromatic heterocycles. The molecule has 94 valence electrons. The van der Waals surface area contributed by atoms with E-state index in [1.807, 2.05) is 0 Å². The smallest absolute Gasteiger partial charge is 0.251 e. The number of hydrogen-bond donors (Lipinski definition) is 2. The lowest BCUT2D eigenvalue weighted by molar-refractivity contribution is 0.0900. The lowest BCUT2D eigenvalue weighted by Crippen LogP contribution is -2.43. The summed E-state index contributed by atoms with van der Waals surface area (Å²) in [7, 11) is 1.48. The molecule has 1 aromatic rings. The molecule has 1 amide bonds. The Balaban J connectivity index is 2.72. The number of carbonyl (C=O) groups is 1. The van der Waals surface area contributed by atoms with E-state index in [4.69, 9.17) is 10.5 Å². The van der Waals surface area contributed by atoms with Gasteiger partial charge in [-0.1, -0.05) is 0 Å². The molecule has 1 aromatic carbocycles. The second-order valence-electron chi connectivity index (χ2n) is 3.49. The van der Waals surface area contributed by atoms with Crippen LogP contribution in [-0.2, 0) is 4.74 Å². The molecule has 17 heavy (non-hydrogen) atoms. The van der Waals surface area contributed by atoms with Crippen molar-refractivity contribution in [1.82, 2.24) is 5.32 Å². The van der Waals surface area contributed by atoms with Crippen molar-refractivity contribution < 1.29 is 18.3 Å². The molecule has 6 heteroatoms. The van der Waals surface area contributed by atoms with Gasteiger partial charge in [0.15, 0.2) is 11.6 Å². The van der Waals surface area contributed by atoms with Crippen LogP contribution in [0.1, 0.15) is 10.4 Å². The third-order valence-corrected chi connectivity index (χ3v) is 2.17. The Kier molecular flexibility index (Phi) is 4.99. The van der Waals surface area contributed by atoms with Gasteiger partial charge in [-0.3, -0.25) is 4.79 Å². The quantitative estimate of drug-likeness (QED) is 0.800. The van der Waals surface area contributed by atoms with Gasteiger partial charge in [-0.15, -0.1) is 0 Å². The Hall–Kier alpha value is -1.53. The van der Waals surface area contributed by atoms with Crippen LogP contribution >= 0.6 is 0 Å². The number of halogens is 2. The number of ether oxygens (including phenoxy) is 1. The number of rotatable bonds is 5. The zero-order chi connectivity index (χ0) is 12.8. The van der Waals surface area contributed by atoms with Gasteiger partial charge < -0.3 is 15.8 Å². The van der Waals surface area contributed by atoms with Crippen LogP contribution < -0.4 is 11.1 Å². The molecule has 3 N–H and O–H groups in total. The molecule has 1 unspecified atom stereocenters. The summed E-state index contributed by atoms with van der Waals surface area (Å²) in [5.41, 5.74) is 5.45. The maximum atomic E-state index is 12.9. The molecule has 0 bridgehead atoms. The average molecular weight is 244 g/mol. The average Bonchev–Trinajstić information content (AvgIpc) is 2.31. The van der Waals surface area contributed by atoms with Gasteiger partial charge in [0.1, 0.15) is 0 Å². The Morgan fingerprint density at radius 3 is 2.71 bits per heavy atom. The second-order valence-corrected chi connectivity index (χ2v) is 3.49. The van der Waals surface area contributed by atoms with E-state index in [0.717, 1.165) is 12.1 Å². The molecule has 0 aliphatic rings. The minimum absolute atomic E-state index is 0.0402. The van der Waals surface area contributed by atoms with Crippen LogP contribution in [0.2, 0.25) is 0 Å². The van der Waals surface area contributed by atoms with E-state index in [2.05, 4.69) is 5.32 Å². The number of methoxy groups -OCH3 is 1. The van der Waals surface area contributed by atoms with Crippen molar-refractivity contribution in [1.29, 1.82) is 0 Å². The molecular formula is C11H14F2N2O2. The summed E-state index contributed by atoms with van der Waals surface area (Å²) in [5, 5.41) is 2.55. The van der Waals surface area contributed by atoms with Crippen molar-refractivity contribution in [3.05, 3.63) is 35.4 Å². The standard InChI is InChI=1S/C11H14F2N2O2/c1-17-6-8(5-14)15-11(16)7-2-3-9(12)10(13)4-7/h2-4,8H,5-6,14H2,1H3,(H,15,16). The molecule has 0 aliphatic carbocycles. The van der Waals surface area contributed by atoms with E-state index in [0.29, 0.717) is 0 Å². The molecule has 1 rings (SSSR count). The maximum absolute atomic E-state index is 12.9. The van der Waals surface area contributed by atoms with Gasteiger partial charge >= 0.3 is 0 Å². The van der Waals surface area contributed by atoms with Crippen LogP contribution in [0.15, 0.2) is 18.2 Å². The normalized spacial score (nSPS) is 12.2. The zero-order valence-electron chi connectivity index (χ0n) is 9.37. The Morgan fingerprint density at radius 2 is 2.18 bits per heavy atom. The van der Waals surface area contributed by atoms with E-state index in [-0.39, 0.29) is 24.8 Å². The fourth-order valence-corrected chi connectivity index (χ4v) is 1.28. The van der Waals surface area contributed by atoms with Crippen LogP contribution in [-0.4, -0.2) is 32.2 Å². The third kappa shape index (κ3) is 3.76. The fraction of sp³-hybridized carbons (Fsp3) is 0.364. The first-order valence-corrected chi connectivity index (χ1v) is 5.03. The molecular weight excluding hydrogens is 230 g/mol. The first-order valence-electron chi connectivity index (χ1n) is 5.03. The van der Waals surface area contributed by atoms with Crippen molar-refractivity contribution in [2.75, 3.05) is 20.3 Å². The Morgan fingerprint density at radius 1 is 1.47 bits per heavy atom. The summed E-state index contributed by atoms with van der Waals surface area (Å²) in [6.07, 6.45) is 0. The van der Waals surface area contributed by atoms with Gasteiger partial charge in [-0.25, -0.2) is 8.78 Å². The molecule has 0 saturated heterocycles. The number of benzene rings is 1. The summed E-state index contributed by atoms with van der Waals surface area (Å²) < 4.78 is 30.4. The molecule has 0 aliphatic heterocycles.